The van der Waals surface area contributed by atoms with Crippen molar-refractivity contribution in [2.75, 3.05) is 0 Å². The third-order valence-corrected chi connectivity index (χ3v) is 16.5. The molecule has 0 N–H and O–H groups in total. The monoisotopic (exact) mass is 560 g/mol. The predicted octanol–water partition coefficient (Wildman–Crippen LogP) is 7.94. The van der Waals surface area contributed by atoms with E-state index in [-0.39, 0.29) is 0 Å². The second-order valence-electron chi connectivity index (χ2n) is 8.14. The van der Waals surface area contributed by atoms with E-state index < -0.39 is 5.31 Å². The van der Waals surface area contributed by atoms with Crippen LogP contribution in [0.25, 0.3) is 10.8 Å². The maximum atomic E-state index is 4.56. The van der Waals surface area contributed by atoms with Crippen molar-refractivity contribution in [1.29, 1.82) is 0 Å². The van der Waals surface area contributed by atoms with Gasteiger partial charge >= 0.3 is 207 Å². The molecule has 0 spiro atoms. The average molecular weight is 562 g/mol. The molecule has 0 aliphatic rings. The Morgan fingerprint density at radius 2 is 0.875 bits per heavy atom. The fraction of sp³-hybridized carbons (Fsp3) is 0.0345. The Kier molecular flexibility index (Phi) is 5.80. The summed E-state index contributed by atoms with van der Waals surface area (Å²) in [5.74, 6) is 0. The van der Waals surface area contributed by atoms with Crippen LogP contribution in [-0.2, 0) is 6.16 Å². The number of hydrogen-bond acceptors (Lipinski definition) is 0. The van der Waals surface area contributed by atoms with Crippen LogP contribution in [0.4, 0.5) is 0 Å². The minimum atomic E-state index is -3.02. The van der Waals surface area contributed by atoms with E-state index in [2.05, 4.69) is 159 Å². The summed E-state index contributed by atoms with van der Waals surface area (Å²) in [4.78, 5) is 0. The van der Waals surface area contributed by atoms with Gasteiger partial charge in [0, 0.05) is 0 Å². The van der Waals surface area contributed by atoms with Crippen molar-refractivity contribution >= 4 is 63.4 Å². The van der Waals surface area contributed by atoms with Gasteiger partial charge in [-0.3, -0.25) is 0 Å². The molecule has 0 fully saturated rings. The zero-order valence-corrected chi connectivity index (χ0v) is 21.6. The van der Waals surface area contributed by atoms with Gasteiger partial charge in [0.05, 0.1) is 0 Å². The van der Waals surface area contributed by atoms with Crippen LogP contribution >= 0.6 is 36.7 Å². The number of hydrogen-bond donors (Lipinski definition) is 0. The van der Waals surface area contributed by atoms with Gasteiger partial charge in [0.2, 0.25) is 0 Å². The Hall–Kier alpha value is -2.25. The van der Waals surface area contributed by atoms with E-state index in [1.807, 2.05) is 0 Å². The molecule has 0 aliphatic heterocycles. The Morgan fingerprint density at radius 3 is 1.31 bits per heavy atom. The molecular formula is C29H23Br2P. The van der Waals surface area contributed by atoms with E-state index in [1.165, 1.54) is 32.2 Å². The second kappa shape index (κ2) is 8.60. The molecule has 0 bridgehead atoms. The Balaban J connectivity index is 1.86. The summed E-state index contributed by atoms with van der Waals surface area (Å²) in [6.45, 7) is 0. The van der Waals surface area contributed by atoms with Gasteiger partial charge < -0.3 is 0 Å². The molecule has 0 aromatic heterocycles. The van der Waals surface area contributed by atoms with Crippen LogP contribution in [0.1, 0.15) is 5.56 Å². The Bertz CT molecular complexity index is 1270. The van der Waals surface area contributed by atoms with Crippen molar-refractivity contribution in [3.05, 3.63) is 137 Å². The summed E-state index contributed by atoms with van der Waals surface area (Å²) >= 11 is 8.47. The van der Waals surface area contributed by atoms with Gasteiger partial charge in [-0.1, -0.05) is 0 Å². The second-order valence-corrected chi connectivity index (χ2v) is 17.9. The van der Waals surface area contributed by atoms with E-state index in [0.717, 1.165) is 10.6 Å². The molecule has 5 aromatic carbocycles. The van der Waals surface area contributed by atoms with E-state index >= 15 is 0 Å². The van der Waals surface area contributed by atoms with Crippen molar-refractivity contribution in [2.45, 2.75) is 6.16 Å². The standard InChI is InChI=1S/C29H23Br2P/c30-29-21-24-13-11-10-12-23(24)20-25(29)22-32(31,26-14-4-1-5-15-26,27-16-6-2-7-17-27)28-18-8-3-9-19-28/h1-21H,22H2. The van der Waals surface area contributed by atoms with Crippen molar-refractivity contribution in [1.82, 2.24) is 0 Å². The van der Waals surface area contributed by atoms with Gasteiger partial charge in [-0.2, -0.15) is 0 Å². The first-order valence-corrected chi connectivity index (χ1v) is 15.9. The summed E-state index contributed by atoms with van der Waals surface area (Å²) in [6.07, 6.45) is 0.870. The van der Waals surface area contributed by atoms with E-state index in [9.17, 15) is 0 Å². The van der Waals surface area contributed by atoms with Gasteiger partial charge in [-0.05, 0) is 0 Å². The van der Waals surface area contributed by atoms with Crippen LogP contribution in [0.3, 0.4) is 0 Å². The average Bonchev–Trinajstić information content (AvgIpc) is 2.86. The molecule has 0 saturated carbocycles. The third kappa shape index (κ3) is 3.55. The zero-order valence-electron chi connectivity index (χ0n) is 17.5. The molecule has 0 unspecified atom stereocenters. The Labute approximate surface area is 206 Å². The molecule has 158 valence electrons. The zero-order chi connectivity index (χ0) is 22.0. The van der Waals surface area contributed by atoms with Crippen LogP contribution in [0.15, 0.2) is 132 Å². The van der Waals surface area contributed by atoms with Gasteiger partial charge in [-0.15, -0.1) is 0 Å². The summed E-state index contributed by atoms with van der Waals surface area (Å²) in [5.41, 5.74) is 1.30. The fourth-order valence-corrected chi connectivity index (χ4v) is 13.0. The molecule has 0 nitrogen and oxygen atoms in total. The first-order chi connectivity index (χ1) is 15.6. The topological polar surface area (TPSA) is 0 Å². The van der Waals surface area contributed by atoms with Crippen LogP contribution < -0.4 is 15.9 Å². The third-order valence-electron chi connectivity index (χ3n) is 6.27. The quantitative estimate of drug-likeness (QED) is 0.191. The molecule has 5 rings (SSSR count). The van der Waals surface area contributed by atoms with Crippen molar-refractivity contribution in [3.63, 3.8) is 0 Å². The maximum absolute atomic E-state index is 4.56. The molecule has 32 heavy (non-hydrogen) atoms. The first kappa shape index (κ1) is 21.6. The molecule has 5 aromatic rings. The van der Waals surface area contributed by atoms with Gasteiger partial charge in [0.15, 0.2) is 0 Å². The van der Waals surface area contributed by atoms with Gasteiger partial charge in [0.25, 0.3) is 0 Å². The predicted molar refractivity (Wildman–Crippen MR) is 149 cm³/mol. The van der Waals surface area contributed by atoms with E-state index in [1.54, 1.807) is 0 Å². The summed E-state index contributed by atoms with van der Waals surface area (Å²) in [6, 6.07) is 46.0. The van der Waals surface area contributed by atoms with Gasteiger partial charge in [-0.25, -0.2) is 0 Å². The van der Waals surface area contributed by atoms with Crippen LogP contribution in [0, 0.1) is 0 Å². The molecule has 0 heterocycles. The first-order valence-electron chi connectivity index (χ1n) is 10.7. The molecule has 0 amide bonds. The van der Waals surface area contributed by atoms with Crippen LogP contribution in [0.2, 0.25) is 0 Å². The normalized spacial score (nSPS) is 12.9. The van der Waals surface area contributed by atoms with Crippen LogP contribution in [-0.4, -0.2) is 0 Å². The molecule has 0 aliphatic carbocycles. The molecule has 3 heteroatoms. The number of halogens is 2. The SMILES string of the molecule is Brc1cc2ccccc2cc1CP(Br)(c1ccccc1)(c1ccccc1)c1ccccc1. The number of fused-ring (bicyclic) bond motifs is 1. The molecule has 0 saturated heterocycles. The van der Waals surface area contributed by atoms with Gasteiger partial charge in [0.1, 0.15) is 0 Å². The van der Waals surface area contributed by atoms with E-state index in [4.69, 9.17) is 0 Å². The number of benzene rings is 5. The Morgan fingerprint density at radius 1 is 0.500 bits per heavy atom. The summed E-state index contributed by atoms with van der Waals surface area (Å²) < 4.78 is 1.15. The van der Waals surface area contributed by atoms with Crippen molar-refractivity contribution in [3.8, 4) is 0 Å². The van der Waals surface area contributed by atoms with Crippen LogP contribution in [0.5, 0.6) is 0 Å². The van der Waals surface area contributed by atoms with Crippen molar-refractivity contribution in [2.24, 2.45) is 0 Å². The fourth-order valence-electron chi connectivity index (χ4n) is 4.64. The van der Waals surface area contributed by atoms with Crippen molar-refractivity contribution < 1.29 is 0 Å². The summed E-state index contributed by atoms with van der Waals surface area (Å²) in [7, 11) is 0. The summed E-state index contributed by atoms with van der Waals surface area (Å²) in [5, 5.41) is 3.48. The number of rotatable bonds is 5. The molecule has 0 radical (unpaired) electrons. The minimum absolute atomic E-state index is 0.870. The van der Waals surface area contributed by atoms with E-state index in [0.29, 0.717) is 0 Å². The molecular weight excluding hydrogens is 539 g/mol. The molecule has 0 atom stereocenters.